The van der Waals surface area contributed by atoms with Crippen LogP contribution < -0.4 is 5.32 Å². The Balaban J connectivity index is 0.961. The third kappa shape index (κ3) is 6.20. The highest BCUT2D eigenvalue weighted by atomic mass is 14.9. The van der Waals surface area contributed by atoms with Crippen molar-refractivity contribution in [2.24, 2.45) is 0 Å². The van der Waals surface area contributed by atoms with E-state index in [0.29, 0.717) is 0 Å². The minimum atomic E-state index is 1.05. The van der Waals surface area contributed by atoms with Gasteiger partial charge in [0.05, 0.1) is 0 Å². The fourth-order valence-electron chi connectivity index (χ4n) is 8.33. The Bertz CT molecular complexity index is 3030. The fraction of sp³-hybridized carbons (Fsp3) is 0.0182. The molecule has 1 heteroatoms. The Kier molecular flexibility index (Phi) is 8.46. The van der Waals surface area contributed by atoms with Crippen LogP contribution in [0.3, 0.4) is 0 Å². The number of hydrogen-bond acceptors (Lipinski definition) is 1. The van der Waals surface area contributed by atoms with Crippen LogP contribution >= 0.6 is 0 Å². The molecule has 0 aliphatic carbocycles. The van der Waals surface area contributed by atoms with E-state index in [1.165, 1.54) is 93.5 Å². The topological polar surface area (TPSA) is 12.0 Å². The van der Waals surface area contributed by atoms with Gasteiger partial charge in [-0.15, -0.1) is 0 Å². The number of para-hydroxylation sites is 1. The van der Waals surface area contributed by atoms with Crippen molar-refractivity contribution in [3.8, 4) is 55.6 Å². The number of anilines is 2. The molecule has 0 aliphatic rings. The van der Waals surface area contributed by atoms with Gasteiger partial charge in [-0.3, -0.25) is 0 Å². The van der Waals surface area contributed by atoms with Gasteiger partial charge in [0.15, 0.2) is 0 Å². The Morgan fingerprint density at radius 1 is 0.268 bits per heavy atom. The van der Waals surface area contributed by atoms with Gasteiger partial charge in [-0.05, 0) is 137 Å². The molecule has 0 saturated heterocycles. The zero-order chi connectivity index (χ0) is 37.4. The molecule has 0 saturated carbocycles. The Morgan fingerprint density at radius 2 is 0.714 bits per heavy atom. The van der Waals surface area contributed by atoms with Gasteiger partial charge in [0.1, 0.15) is 0 Å². The van der Waals surface area contributed by atoms with Crippen LogP contribution in [0.1, 0.15) is 5.56 Å². The smallest absolute Gasteiger partial charge is 0.0464 e. The average molecular weight is 714 g/mol. The van der Waals surface area contributed by atoms with Crippen molar-refractivity contribution in [2.75, 3.05) is 5.32 Å². The second kappa shape index (κ2) is 14.2. The van der Waals surface area contributed by atoms with Crippen LogP contribution in [-0.4, -0.2) is 0 Å². The van der Waals surface area contributed by atoms with Gasteiger partial charge in [0, 0.05) is 16.9 Å². The molecule has 0 heterocycles. The van der Waals surface area contributed by atoms with Crippen LogP contribution in [0.25, 0.3) is 88.0 Å². The maximum absolute atomic E-state index is 3.77. The van der Waals surface area contributed by atoms with Crippen molar-refractivity contribution in [1.29, 1.82) is 0 Å². The standard InChI is InChI=1S/C55H39N/c1-37-28-29-44(38-14-3-2-4-15-38)35-53(37)52-26-9-10-27-55(52)56-46-21-13-20-43(34-46)41-18-11-16-39(32-41)40-17-12-19-42(33-40)45-30-31-51-49-24-6-5-22-47(49)48-23-7-8-25-50(48)54(51)36-45/h2-36,56H,1H3. The number of rotatable bonds is 7. The van der Waals surface area contributed by atoms with E-state index in [0.717, 1.165) is 11.4 Å². The van der Waals surface area contributed by atoms with E-state index >= 15 is 0 Å². The first-order chi connectivity index (χ1) is 27.7. The molecule has 1 N–H and O–H groups in total. The minimum Gasteiger partial charge on any atom is -0.355 e. The summed E-state index contributed by atoms with van der Waals surface area (Å²) in [5.74, 6) is 0. The molecule has 10 aromatic rings. The van der Waals surface area contributed by atoms with E-state index in [9.17, 15) is 0 Å². The van der Waals surface area contributed by atoms with Crippen LogP contribution in [0.5, 0.6) is 0 Å². The van der Waals surface area contributed by atoms with Gasteiger partial charge in [0.2, 0.25) is 0 Å². The average Bonchev–Trinajstić information content (AvgIpc) is 3.27. The molecule has 0 atom stereocenters. The van der Waals surface area contributed by atoms with Crippen LogP contribution in [0.15, 0.2) is 212 Å². The highest BCUT2D eigenvalue weighted by Gasteiger charge is 2.13. The second-order valence-electron chi connectivity index (χ2n) is 14.7. The lowest BCUT2D eigenvalue weighted by Crippen LogP contribution is -1.95. The van der Waals surface area contributed by atoms with Crippen molar-refractivity contribution in [3.05, 3.63) is 218 Å². The number of nitrogens with one attached hydrogen (secondary N) is 1. The van der Waals surface area contributed by atoms with E-state index in [-0.39, 0.29) is 0 Å². The van der Waals surface area contributed by atoms with Gasteiger partial charge >= 0.3 is 0 Å². The Labute approximate surface area is 328 Å². The van der Waals surface area contributed by atoms with Gasteiger partial charge in [-0.25, -0.2) is 0 Å². The molecular formula is C55H39N. The van der Waals surface area contributed by atoms with Crippen molar-refractivity contribution < 1.29 is 0 Å². The predicted molar refractivity (Wildman–Crippen MR) is 241 cm³/mol. The number of fused-ring (bicyclic) bond motifs is 6. The van der Waals surface area contributed by atoms with E-state index in [4.69, 9.17) is 0 Å². The molecule has 264 valence electrons. The number of benzene rings is 10. The zero-order valence-corrected chi connectivity index (χ0v) is 31.2. The third-order valence-electron chi connectivity index (χ3n) is 11.2. The van der Waals surface area contributed by atoms with Gasteiger partial charge in [0.25, 0.3) is 0 Å². The van der Waals surface area contributed by atoms with Gasteiger partial charge in [-0.1, -0.05) is 170 Å². The molecule has 0 unspecified atom stereocenters. The number of hydrogen-bond donors (Lipinski definition) is 1. The molecule has 56 heavy (non-hydrogen) atoms. The second-order valence-corrected chi connectivity index (χ2v) is 14.7. The summed E-state index contributed by atoms with van der Waals surface area (Å²) in [6.07, 6.45) is 0. The summed E-state index contributed by atoms with van der Waals surface area (Å²) >= 11 is 0. The maximum atomic E-state index is 3.77. The number of aryl methyl sites for hydroxylation is 1. The molecule has 10 aromatic carbocycles. The summed E-state index contributed by atoms with van der Waals surface area (Å²) in [5, 5.41) is 11.5. The largest absolute Gasteiger partial charge is 0.355 e. The van der Waals surface area contributed by atoms with E-state index in [2.05, 4.69) is 225 Å². The first-order valence-corrected chi connectivity index (χ1v) is 19.3. The summed E-state index contributed by atoms with van der Waals surface area (Å²) in [4.78, 5) is 0. The van der Waals surface area contributed by atoms with Crippen LogP contribution in [0.4, 0.5) is 11.4 Å². The lowest BCUT2D eigenvalue weighted by atomic mass is 9.91. The van der Waals surface area contributed by atoms with E-state index in [1.807, 2.05) is 0 Å². The molecule has 10 rings (SSSR count). The molecule has 0 fully saturated rings. The molecule has 0 amide bonds. The molecule has 1 nitrogen and oxygen atoms in total. The van der Waals surface area contributed by atoms with E-state index in [1.54, 1.807) is 0 Å². The van der Waals surface area contributed by atoms with E-state index < -0.39 is 0 Å². The normalized spacial score (nSPS) is 11.3. The molecule has 0 aliphatic heterocycles. The first-order valence-electron chi connectivity index (χ1n) is 19.3. The Hall–Kier alpha value is -7.22. The molecule has 0 bridgehead atoms. The van der Waals surface area contributed by atoms with Crippen LogP contribution in [0, 0.1) is 6.92 Å². The van der Waals surface area contributed by atoms with Crippen molar-refractivity contribution in [3.63, 3.8) is 0 Å². The fourth-order valence-corrected chi connectivity index (χ4v) is 8.33. The maximum Gasteiger partial charge on any atom is 0.0464 e. The highest BCUT2D eigenvalue weighted by molar-refractivity contribution is 6.25. The summed E-state index contributed by atoms with van der Waals surface area (Å²) < 4.78 is 0. The molecular weight excluding hydrogens is 675 g/mol. The highest BCUT2D eigenvalue weighted by Crippen LogP contribution is 2.39. The lowest BCUT2D eigenvalue weighted by Gasteiger charge is -2.16. The molecule has 0 radical (unpaired) electrons. The van der Waals surface area contributed by atoms with Crippen molar-refractivity contribution in [2.45, 2.75) is 6.92 Å². The lowest BCUT2D eigenvalue weighted by molar-refractivity contribution is 1.44. The minimum absolute atomic E-state index is 1.05. The third-order valence-corrected chi connectivity index (χ3v) is 11.2. The van der Waals surface area contributed by atoms with Crippen LogP contribution in [-0.2, 0) is 0 Å². The quantitative estimate of drug-likeness (QED) is 0.162. The van der Waals surface area contributed by atoms with Gasteiger partial charge < -0.3 is 5.32 Å². The summed E-state index contributed by atoms with van der Waals surface area (Å²) in [5.41, 5.74) is 15.4. The SMILES string of the molecule is Cc1ccc(-c2ccccc2)cc1-c1ccccc1Nc1cccc(-c2cccc(-c3cccc(-c4ccc5c6ccccc6c6ccccc6c5c4)c3)c2)c1. The monoisotopic (exact) mass is 713 g/mol. The Morgan fingerprint density at radius 3 is 1.36 bits per heavy atom. The molecule has 0 aromatic heterocycles. The summed E-state index contributed by atoms with van der Waals surface area (Å²) in [6, 6.07) is 77.0. The van der Waals surface area contributed by atoms with Crippen molar-refractivity contribution >= 4 is 43.7 Å². The summed E-state index contributed by atoms with van der Waals surface area (Å²) in [6.45, 7) is 2.19. The first kappa shape index (κ1) is 33.4. The van der Waals surface area contributed by atoms with Gasteiger partial charge in [-0.2, -0.15) is 0 Å². The zero-order valence-electron chi connectivity index (χ0n) is 31.2. The van der Waals surface area contributed by atoms with Crippen LogP contribution in [0.2, 0.25) is 0 Å². The predicted octanol–water partition coefficient (Wildman–Crippen LogP) is 15.5. The molecule has 0 spiro atoms. The summed E-state index contributed by atoms with van der Waals surface area (Å²) in [7, 11) is 0. The van der Waals surface area contributed by atoms with Crippen molar-refractivity contribution in [1.82, 2.24) is 0 Å².